The van der Waals surface area contributed by atoms with Crippen molar-refractivity contribution < 1.29 is 53.1 Å². The zero-order valence-corrected chi connectivity index (χ0v) is 74.8. The van der Waals surface area contributed by atoms with E-state index in [-0.39, 0.29) is 11.1 Å². The normalized spacial score (nSPS) is 12.5. The fourth-order valence-corrected chi connectivity index (χ4v) is 19.5. The van der Waals surface area contributed by atoms with Crippen molar-refractivity contribution in [1.82, 2.24) is 9.97 Å². The largest absolute Gasteiger partial charge is 0.449 e. The number of hydrogen-bond donors (Lipinski definition) is 0. The van der Waals surface area contributed by atoms with Crippen molar-refractivity contribution >= 4 is 164 Å². The van der Waals surface area contributed by atoms with Crippen LogP contribution in [0.1, 0.15) is 63.9 Å². The van der Waals surface area contributed by atoms with E-state index in [0.29, 0.717) is 28.0 Å². The summed E-state index contributed by atoms with van der Waals surface area (Å²) in [6.45, 7) is 12.3. The number of aryl methyl sites for hydroxylation is 15. The summed E-state index contributed by atoms with van der Waals surface area (Å²) in [6.07, 6.45) is 10.2. The van der Waals surface area contributed by atoms with Gasteiger partial charge in [0.2, 0.25) is 33.6 Å². The number of pyridine rings is 7. The Morgan fingerprint density at radius 3 is 1.12 bits per heavy atom. The second-order valence-corrected chi connectivity index (χ2v) is 34.6. The maximum absolute atomic E-state index is 8.20. The van der Waals surface area contributed by atoms with Gasteiger partial charge in [-0.05, 0) is 202 Å². The van der Waals surface area contributed by atoms with E-state index in [9.17, 15) is 0 Å². The van der Waals surface area contributed by atoms with Gasteiger partial charge in [-0.15, -0.1) is 0 Å². The summed E-state index contributed by atoms with van der Waals surface area (Å²) < 4.78 is 89.8. The molecule has 130 heavy (non-hydrogen) atoms. The van der Waals surface area contributed by atoms with Crippen molar-refractivity contribution in [3.05, 3.63) is 378 Å². The Kier molecular flexibility index (Phi) is 18.7. The van der Waals surface area contributed by atoms with E-state index >= 15 is 0 Å². The third-order valence-corrected chi connectivity index (χ3v) is 25.8. The number of rotatable bonds is 5. The third kappa shape index (κ3) is 14.1. The van der Waals surface area contributed by atoms with E-state index < -0.39 is 13.7 Å². The van der Waals surface area contributed by atoms with Crippen molar-refractivity contribution in [2.24, 2.45) is 35.2 Å². The van der Waals surface area contributed by atoms with Crippen molar-refractivity contribution in [1.29, 1.82) is 0 Å². The standard InChI is InChI=1S/2C25H22NO.C23H19N2O.C23H18NO.C22H17N2O/c2*1-15-9-11-19(16(2)13-15)24-25-22(17(3)14-26(24)4)23-20-8-6-5-7-18(20)10-12-21(23)27-25;1-14-8-9-17(15(2)12-14)22-23-18(10-11-25(22)3)21-20(26-23)13-16-6-4-5-7-19(16)24-21;1-15-7-3-5-9-17(15)22-23-19(13-14-24(22)2)21-18-10-6-4-8-16(18)11-12-20(21)25-23;1-14-7-3-5-9-16(14)20-21-17(11-12-24(20)2)18-13-15-8-4-6-10-19(15)23-22(18)25-21/h2*5-14H,1-4H3;4-13H,1-3H3;3-14H,1-2H3;3-13H,1-2H3/q5*+1/i1D3,3D3;;;;. The molecule has 0 fully saturated rings. The molecule has 13 aromatic carbocycles. The van der Waals surface area contributed by atoms with Gasteiger partial charge in [-0.2, -0.15) is 22.8 Å². The van der Waals surface area contributed by atoms with Crippen LogP contribution in [-0.2, 0) is 35.2 Å². The zero-order valence-electron chi connectivity index (χ0n) is 80.8. The lowest BCUT2D eigenvalue weighted by atomic mass is 9.98. The minimum Gasteiger partial charge on any atom is -0.449 e. The summed E-state index contributed by atoms with van der Waals surface area (Å²) in [5, 5.41) is 18.5. The first-order valence-corrected chi connectivity index (χ1v) is 43.9. The molecule has 0 saturated heterocycles. The van der Waals surface area contributed by atoms with E-state index in [0.717, 1.165) is 133 Å². The van der Waals surface area contributed by atoms with Crippen LogP contribution in [0.2, 0.25) is 0 Å². The molecule has 0 unspecified atom stereocenters. The lowest BCUT2D eigenvalue weighted by molar-refractivity contribution is -0.659. The lowest BCUT2D eigenvalue weighted by Crippen LogP contribution is -2.31. The number of aromatic nitrogens is 7. The zero-order chi connectivity index (χ0) is 94.2. The van der Waals surface area contributed by atoms with Crippen LogP contribution in [0.15, 0.2) is 344 Å². The van der Waals surface area contributed by atoms with E-state index in [1.165, 1.54) is 104 Å². The maximum atomic E-state index is 8.20. The number of para-hydroxylation sites is 2. The molecule has 630 valence electrons. The van der Waals surface area contributed by atoms with Gasteiger partial charge in [0, 0.05) is 91.4 Å². The second-order valence-electron chi connectivity index (χ2n) is 34.6. The molecule has 0 aliphatic rings. The molecule has 0 saturated carbocycles. The fourth-order valence-electron chi connectivity index (χ4n) is 19.5. The van der Waals surface area contributed by atoms with Crippen LogP contribution in [0.5, 0.6) is 0 Å². The second kappa shape index (κ2) is 32.6. The van der Waals surface area contributed by atoms with Gasteiger partial charge in [-0.25, -0.2) is 9.97 Å². The average Bonchev–Trinajstić information content (AvgIpc) is 1.56. The predicted molar refractivity (Wildman–Crippen MR) is 532 cm³/mol. The van der Waals surface area contributed by atoms with Gasteiger partial charge in [0.1, 0.15) is 57.5 Å². The summed E-state index contributed by atoms with van der Waals surface area (Å²) in [5.41, 5.74) is 31.8. The summed E-state index contributed by atoms with van der Waals surface area (Å²) in [6, 6.07) is 99.1. The average molecular weight is 1700 g/mol. The molecule has 25 rings (SSSR count). The van der Waals surface area contributed by atoms with E-state index in [2.05, 4.69) is 320 Å². The Labute approximate surface area is 761 Å². The van der Waals surface area contributed by atoms with E-state index in [4.69, 9.17) is 40.3 Å². The monoisotopic (exact) mass is 1700 g/mol. The Balaban J connectivity index is 0.000000102. The third-order valence-electron chi connectivity index (χ3n) is 25.8. The lowest BCUT2D eigenvalue weighted by Gasteiger charge is -2.07. The molecule has 0 N–H and O–H groups in total. The predicted octanol–water partition coefficient (Wildman–Crippen LogP) is 28.0. The van der Waals surface area contributed by atoms with Crippen LogP contribution in [0.3, 0.4) is 0 Å². The first kappa shape index (κ1) is 74.5. The van der Waals surface area contributed by atoms with Gasteiger partial charge in [-0.1, -0.05) is 217 Å². The Morgan fingerprint density at radius 1 is 0.238 bits per heavy atom. The van der Waals surface area contributed by atoms with Gasteiger partial charge >= 0.3 is 0 Å². The number of benzene rings is 13. The van der Waals surface area contributed by atoms with Crippen LogP contribution >= 0.6 is 0 Å². The topological polar surface area (TPSA) is 111 Å². The molecule has 0 aliphatic carbocycles. The molecule has 12 heterocycles. The molecule has 12 heteroatoms. The summed E-state index contributed by atoms with van der Waals surface area (Å²) in [7, 11) is 10.1. The van der Waals surface area contributed by atoms with Crippen LogP contribution < -0.4 is 22.8 Å². The van der Waals surface area contributed by atoms with Gasteiger partial charge in [-0.3, -0.25) is 0 Å². The number of hydrogen-bond acceptors (Lipinski definition) is 7. The van der Waals surface area contributed by atoms with Gasteiger partial charge in [0.25, 0.3) is 28.5 Å². The van der Waals surface area contributed by atoms with Crippen molar-refractivity contribution in [3.63, 3.8) is 0 Å². The molecule has 0 radical (unpaired) electrons. The minimum atomic E-state index is -2.34. The fraction of sp³-hybridized carbons (Fsp3) is 0.127. The van der Waals surface area contributed by atoms with Crippen LogP contribution in [0.25, 0.3) is 220 Å². The van der Waals surface area contributed by atoms with Crippen LogP contribution in [0.4, 0.5) is 0 Å². The molecule has 25 aromatic rings. The van der Waals surface area contributed by atoms with Gasteiger partial charge in [0.05, 0.1) is 44.2 Å². The van der Waals surface area contributed by atoms with Crippen molar-refractivity contribution in [2.75, 3.05) is 0 Å². The Morgan fingerprint density at radius 2 is 0.615 bits per heavy atom. The molecule has 0 spiro atoms. The van der Waals surface area contributed by atoms with Crippen molar-refractivity contribution in [3.8, 4) is 56.3 Å². The first-order valence-electron chi connectivity index (χ1n) is 46.9. The molecule has 0 amide bonds. The van der Waals surface area contributed by atoms with Gasteiger partial charge in [0.15, 0.2) is 36.6 Å². The number of fused-ring (bicyclic) bond motifs is 23. The Bertz CT molecular complexity index is 9230. The number of furan rings is 5. The highest BCUT2D eigenvalue weighted by atomic mass is 16.4. The summed E-state index contributed by atoms with van der Waals surface area (Å²) in [5.74, 6) is 0. The molecule has 12 aromatic heterocycles. The molecule has 0 atom stereocenters. The quantitative estimate of drug-likeness (QED) is 0.158. The molecular weight excluding hydrogens is 1600 g/mol. The highest BCUT2D eigenvalue weighted by Gasteiger charge is 2.31. The molecule has 12 nitrogen and oxygen atoms in total. The smallest absolute Gasteiger partial charge is 0.256 e. The van der Waals surface area contributed by atoms with Crippen LogP contribution in [0, 0.1) is 69.1 Å². The Hall–Kier alpha value is -15.8. The van der Waals surface area contributed by atoms with Crippen molar-refractivity contribution in [2.45, 2.75) is 69.1 Å². The molecular formula is C118H98N7O5+5. The summed E-state index contributed by atoms with van der Waals surface area (Å²) >= 11 is 0. The number of nitrogens with zero attached hydrogens (tertiary/aromatic N) is 7. The van der Waals surface area contributed by atoms with Crippen LogP contribution in [-0.4, -0.2) is 9.97 Å². The molecule has 0 aliphatic heterocycles. The van der Waals surface area contributed by atoms with E-state index in [1.807, 2.05) is 79.7 Å². The summed E-state index contributed by atoms with van der Waals surface area (Å²) in [4.78, 5) is 9.59. The maximum Gasteiger partial charge on any atom is 0.256 e. The highest BCUT2D eigenvalue weighted by Crippen LogP contribution is 2.45. The van der Waals surface area contributed by atoms with E-state index in [1.54, 1.807) is 36.0 Å². The highest BCUT2D eigenvalue weighted by molar-refractivity contribution is 6.24. The van der Waals surface area contributed by atoms with Gasteiger partial charge < -0.3 is 22.1 Å². The SMILES string of the molecule is Cc1ccc(-c2c3oc4cc5ccccc5nc4c3cc[n+]2C)c(C)c1.Cc1ccc(-c2c3oc4ccc5ccccc5c4c3c(C)c[n+]2C)c(C)c1.Cc1ccccc1-c1c2oc3ccc4ccccc4c3c2cc[n+]1C.Cc1ccccc1-c1c2oc3nc4ccccc4cc3c2cc[n+]1C.[2H]C([2H])([2H])c1ccc(-c2c3oc4ccc5ccccc5c4c3c(C([2H])([2H])[2H])c[n+]2C)c(C)c1. The first-order chi connectivity index (χ1) is 65.6. The minimum absolute atomic E-state index is 0.218. The molecule has 0 bridgehead atoms.